The molecule has 0 radical (unpaired) electrons. The maximum Gasteiger partial charge on any atom is 0.244 e. The second kappa shape index (κ2) is 8.74. The molecule has 0 saturated carbocycles. The van der Waals surface area contributed by atoms with Gasteiger partial charge in [0.05, 0.1) is 0 Å². The quantitative estimate of drug-likeness (QED) is 0.812. The number of benzene rings is 1. The Morgan fingerprint density at radius 2 is 1.52 bits per heavy atom. The van der Waals surface area contributed by atoms with Gasteiger partial charge in [-0.2, -0.15) is 0 Å². The first-order valence-electron chi connectivity index (χ1n) is 11.0. The smallest absolute Gasteiger partial charge is 0.244 e. The van der Waals surface area contributed by atoms with Crippen LogP contribution >= 0.6 is 0 Å². The summed E-state index contributed by atoms with van der Waals surface area (Å²) in [7, 11) is 0. The Balaban J connectivity index is 1.44. The average Bonchev–Trinajstić information content (AvgIpc) is 3.25. The van der Waals surface area contributed by atoms with Crippen LogP contribution in [0.4, 0.5) is 0 Å². The Kier molecular flexibility index (Phi) is 6.14. The van der Waals surface area contributed by atoms with Gasteiger partial charge >= 0.3 is 0 Å². The molecule has 148 valence electrons. The van der Waals surface area contributed by atoms with E-state index in [1.807, 2.05) is 6.07 Å². The Labute approximate surface area is 164 Å². The van der Waals surface area contributed by atoms with E-state index in [2.05, 4.69) is 45.9 Å². The number of likely N-dealkylation sites (tertiary alicyclic amines) is 3. The Hall–Kier alpha value is -1.39. The van der Waals surface area contributed by atoms with Crippen molar-refractivity contribution in [3.63, 3.8) is 0 Å². The van der Waals surface area contributed by atoms with Gasteiger partial charge < -0.3 is 9.80 Å². The highest BCUT2D eigenvalue weighted by Gasteiger charge is 2.35. The first-order valence-corrected chi connectivity index (χ1v) is 11.0. The molecule has 1 aromatic rings. The maximum absolute atomic E-state index is 13.6. The minimum atomic E-state index is -0.0953. The van der Waals surface area contributed by atoms with E-state index in [-0.39, 0.29) is 6.04 Å². The molecule has 3 heterocycles. The lowest BCUT2D eigenvalue weighted by atomic mass is 9.94. The first kappa shape index (κ1) is 18.9. The Bertz CT molecular complexity index is 597. The number of nitrogens with zero attached hydrogens (tertiary/aromatic N) is 3. The number of piperidine rings is 2. The summed E-state index contributed by atoms with van der Waals surface area (Å²) >= 11 is 0. The van der Waals surface area contributed by atoms with Crippen LogP contribution in [0.25, 0.3) is 0 Å². The van der Waals surface area contributed by atoms with Crippen molar-refractivity contribution >= 4 is 5.91 Å². The van der Waals surface area contributed by atoms with E-state index in [1.165, 1.54) is 44.3 Å². The molecule has 3 aliphatic rings. The predicted molar refractivity (Wildman–Crippen MR) is 110 cm³/mol. The first-order chi connectivity index (χ1) is 13.2. The Morgan fingerprint density at radius 1 is 0.889 bits per heavy atom. The number of rotatable bonds is 4. The second-order valence-corrected chi connectivity index (χ2v) is 8.83. The lowest BCUT2D eigenvalue weighted by Gasteiger charge is -2.41. The minimum absolute atomic E-state index is 0.0953. The molecule has 0 bridgehead atoms. The van der Waals surface area contributed by atoms with E-state index in [9.17, 15) is 4.79 Å². The monoisotopic (exact) mass is 369 g/mol. The van der Waals surface area contributed by atoms with Crippen LogP contribution in [0.5, 0.6) is 0 Å². The molecule has 3 fully saturated rings. The summed E-state index contributed by atoms with van der Waals surface area (Å²) in [6.07, 6.45) is 7.39. The largest absolute Gasteiger partial charge is 0.341 e. The normalized spacial score (nSPS) is 25.0. The van der Waals surface area contributed by atoms with E-state index < -0.39 is 0 Å². The lowest BCUT2D eigenvalue weighted by Crippen LogP contribution is -2.50. The van der Waals surface area contributed by atoms with Crippen molar-refractivity contribution < 1.29 is 4.79 Å². The van der Waals surface area contributed by atoms with Crippen LogP contribution in [0.2, 0.25) is 0 Å². The fourth-order valence-electron chi connectivity index (χ4n) is 5.16. The minimum Gasteiger partial charge on any atom is -0.341 e. The fraction of sp³-hybridized carbons (Fsp3) is 0.696. The molecule has 4 heteroatoms. The number of carbonyl (C=O) groups is 1. The molecule has 0 spiro atoms. The van der Waals surface area contributed by atoms with Gasteiger partial charge in [0.15, 0.2) is 0 Å². The SMILES string of the molecule is CC1CCN([C@@H](C(=O)N2CCC(N3CCCC3)CC2)c2ccccc2)CC1. The summed E-state index contributed by atoms with van der Waals surface area (Å²) in [4.78, 5) is 20.8. The van der Waals surface area contributed by atoms with E-state index >= 15 is 0 Å². The van der Waals surface area contributed by atoms with E-state index in [1.54, 1.807) is 0 Å². The zero-order chi connectivity index (χ0) is 18.6. The van der Waals surface area contributed by atoms with Crippen LogP contribution in [-0.2, 0) is 4.79 Å². The fourth-order valence-corrected chi connectivity index (χ4v) is 5.16. The molecular formula is C23H35N3O. The highest BCUT2D eigenvalue weighted by atomic mass is 16.2. The highest BCUT2D eigenvalue weighted by Crippen LogP contribution is 2.30. The summed E-state index contributed by atoms with van der Waals surface area (Å²) in [6.45, 7) is 8.78. The molecular weight excluding hydrogens is 334 g/mol. The van der Waals surface area contributed by atoms with Gasteiger partial charge in [-0.1, -0.05) is 37.3 Å². The molecule has 4 rings (SSSR count). The summed E-state index contributed by atoms with van der Waals surface area (Å²) in [5.41, 5.74) is 1.17. The third-order valence-electron chi connectivity index (χ3n) is 6.97. The van der Waals surface area contributed by atoms with Gasteiger partial charge in [0, 0.05) is 19.1 Å². The third-order valence-corrected chi connectivity index (χ3v) is 6.97. The number of hydrogen-bond donors (Lipinski definition) is 0. The van der Waals surface area contributed by atoms with Crippen LogP contribution in [0.15, 0.2) is 30.3 Å². The van der Waals surface area contributed by atoms with Gasteiger partial charge in [-0.15, -0.1) is 0 Å². The molecule has 1 atom stereocenters. The summed E-state index contributed by atoms with van der Waals surface area (Å²) in [5, 5.41) is 0. The van der Waals surface area contributed by atoms with Gasteiger partial charge in [-0.25, -0.2) is 0 Å². The lowest BCUT2D eigenvalue weighted by molar-refractivity contribution is -0.139. The Morgan fingerprint density at radius 3 is 2.15 bits per heavy atom. The van der Waals surface area contributed by atoms with Crippen molar-refractivity contribution in [3.8, 4) is 0 Å². The van der Waals surface area contributed by atoms with Crippen LogP contribution in [0.1, 0.15) is 57.1 Å². The molecule has 27 heavy (non-hydrogen) atoms. The second-order valence-electron chi connectivity index (χ2n) is 8.83. The summed E-state index contributed by atoms with van der Waals surface area (Å²) in [5.74, 6) is 1.11. The van der Waals surface area contributed by atoms with Crippen molar-refractivity contribution in [1.29, 1.82) is 0 Å². The zero-order valence-electron chi connectivity index (χ0n) is 16.9. The summed E-state index contributed by atoms with van der Waals surface area (Å²) in [6, 6.07) is 11.1. The molecule has 1 aromatic carbocycles. The molecule has 0 aliphatic carbocycles. The maximum atomic E-state index is 13.6. The van der Waals surface area contributed by atoms with E-state index in [0.717, 1.165) is 44.9 Å². The van der Waals surface area contributed by atoms with Crippen molar-refractivity contribution in [2.75, 3.05) is 39.3 Å². The summed E-state index contributed by atoms with van der Waals surface area (Å²) < 4.78 is 0. The predicted octanol–water partition coefficient (Wildman–Crippen LogP) is 3.55. The van der Waals surface area contributed by atoms with Crippen LogP contribution in [0.3, 0.4) is 0 Å². The topological polar surface area (TPSA) is 26.8 Å². The molecule has 4 nitrogen and oxygen atoms in total. The molecule has 3 aliphatic heterocycles. The van der Waals surface area contributed by atoms with Crippen LogP contribution in [-0.4, -0.2) is 65.9 Å². The molecule has 0 unspecified atom stereocenters. The van der Waals surface area contributed by atoms with Crippen molar-refractivity contribution in [2.24, 2.45) is 5.92 Å². The van der Waals surface area contributed by atoms with Crippen molar-refractivity contribution in [1.82, 2.24) is 14.7 Å². The van der Waals surface area contributed by atoms with Crippen LogP contribution < -0.4 is 0 Å². The zero-order valence-corrected chi connectivity index (χ0v) is 16.9. The van der Waals surface area contributed by atoms with Gasteiger partial charge in [0.1, 0.15) is 6.04 Å². The molecule has 0 N–H and O–H groups in total. The average molecular weight is 370 g/mol. The van der Waals surface area contributed by atoms with Crippen molar-refractivity contribution in [3.05, 3.63) is 35.9 Å². The van der Waals surface area contributed by atoms with Crippen LogP contribution in [0, 0.1) is 5.92 Å². The highest BCUT2D eigenvalue weighted by molar-refractivity contribution is 5.83. The van der Waals surface area contributed by atoms with E-state index in [4.69, 9.17) is 0 Å². The van der Waals surface area contributed by atoms with Gasteiger partial charge in [0.2, 0.25) is 5.91 Å². The number of amides is 1. The van der Waals surface area contributed by atoms with Gasteiger partial charge in [0.25, 0.3) is 0 Å². The third kappa shape index (κ3) is 4.38. The van der Waals surface area contributed by atoms with E-state index in [0.29, 0.717) is 11.9 Å². The van der Waals surface area contributed by atoms with Crippen molar-refractivity contribution in [2.45, 2.75) is 57.5 Å². The van der Waals surface area contributed by atoms with Gasteiger partial charge in [-0.05, 0) is 76.2 Å². The van der Waals surface area contributed by atoms with Gasteiger partial charge in [-0.3, -0.25) is 9.69 Å². The molecule has 3 saturated heterocycles. The standard InChI is InChI=1S/C23H35N3O/c1-19-9-15-25(16-10-19)22(20-7-3-2-4-8-20)23(27)26-17-11-21(12-18-26)24-13-5-6-14-24/h2-4,7-8,19,21-22H,5-6,9-18H2,1H3/t22-/m1/s1. The molecule has 1 amide bonds. The number of carbonyl (C=O) groups excluding carboxylic acids is 1. The molecule has 0 aromatic heterocycles. The number of hydrogen-bond acceptors (Lipinski definition) is 3.